The van der Waals surface area contributed by atoms with E-state index in [1.165, 1.54) is 0 Å². The summed E-state index contributed by atoms with van der Waals surface area (Å²) in [6.07, 6.45) is 1.69. The molecule has 1 aromatic carbocycles. The van der Waals surface area contributed by atoms with Crippen LogP contribution in [0, 0.1) is 0 Å². The van der Waals surface area contributed by atoms with Crippen molar-refractivity contribution in [3.63, 3.8) is 0 Å². The van der Waals surface area contributed by atoms with Gasteiger partial charge in [0.1, 0.15) is 0 Å². The van der Waals surface area contributed by atoms with Gasteiger partial charge in [-0.2, -0.15) is 0 Å². The van der Waals surface area contributed by atoms with Crippen LogP contribution in [0.2, 0.25) is 0 Å². The van der Waals surface area contributed by atoms with Gasteiger partial charge in [-0.05, 0) is 11.6 Å². The number of benzene rings is 1. The second-order valence-electron chi connectivity index (χ2n) is 2.99. The van der Waals surface area contributed by atoms with E-state index in [0.29, 0.717) is 5.56 Å². The third-order valence-corrected chi connectivity index (χ3v) is 1.82. The minimum absolute atomic E-state index is 0.00972. The van der Waals surface area contributed by atoms with E-state index in [4.69, 9.17) is 0 Å². The number of nitrogens with zero attached hydrogens (tertiary/aromatic N) is 1. The first kappa shape index (κ1) is 9.52. The Morgan fingerprint density at radius 3 is 2.54 bits per heavy atom. The Hall–Kier alpha value is -1.57. The minimum Gasteiger partial charge on any atom is -0.345 e. The maximum Gasteiger partial charge on any atom is 0.253 e. The number of hydrogen-bond acceptors (Lipinski definition) is 1. The van der Waals surface area contributed by atoms with Gasteiger partial charge in [-0.3, -0.25) is 4.79 Å². The molecule has 13 heavy (non-hydrogen) atoms. The van der Waals surface area contributed by atoms with Gasteiger partial charge >= 0.3 is 0 Å². The molecule has 0 aliphatic heterocycles. The molecule has 68 valence electrons. The van der Waals surface area contributed by atoms with Gasteiger partial charge in [0, 0.05) is 19.7 Å². The van der Waals surface area contributed by atoms with E-state index < -0.39 is 0 Å². The average molecular weight is 175 g/mol. The Kier molecular flexibility index (Phi) is 2.85. The lowest BCUT2D eigenvalue weighted by Crippen LogP contribution is -2.22. The summed E-state index contributed by atoms with van der Waals surface area (Å²) in [6.45, 7) is 3.66. The minimum atomic E-state index is 0.00972. The molecule has 0 spiro atoms. The van der Waals surface area contributed by atoms with Crippen LogP contribution in [0.4, 0.5) is 0 Å². The molecular formula is C11H13NO. The summed E-state index contributed by atoms with van der Waals surface area (Å²) < 4.78 is 0. The standard InChI is InChI=1S/C11H13NO/c1-4-9-7-5-6-8-10(9)11(13)12(2)3/h4-8H,1H2,2-3H3. The van der Waals surface area contributed by atoms with Gasteiger partial charge in [0.05, 0.1) is 0 Å². The third kappa shape index (κ3) is 1.96. The quantitative estimate of drug-likeness (QED) is 0.673. The van der Waals surface area contributed by atoms with Gasteiger partial charge in [0.25, 0.3) is 5.91 Å². The smallest absolute Gasteiger partial charge is 0.253 e. The molecule has 0 N–H and O–H groups in total. The van der Waals surface area contributed by atoms with E-state index in [2.05, 4.69) is 6.58 Å². The Morgan fingerprint density at radius 2 is 2.00 bits per heavy atom. The molecule has 1 amide bonds. The Bertz CT molecular complexity index is 329. The van der Waals surface area contributed by atoms with Crippen LogP contribution in [0.15, 0.2) is 30.8 Å². The third-order valence-electron chi connectivity index (χ3n) is 1.82. The van der Waals surface area contributed by atoms with Gasteiger partial charge in [0.15, 0.2) is 0 Å². The largest absolute Gasteiger partial charge is 0.345 e. The van der Waals surface area contributed by atoms with E-state index in [0.717, 1.165) is 5.56 Å². The lowest BCUT2D eigenvalue weighted by Gasteiger charge is -2.11. The van der Waals surface area contributed by atoms with Gasteiger partial charge in [-0.25, -0.2) is 0 Å². The van der Waals surface area contributed by atoms with Gasteiger partial charge in [0.2, 0.25) is 0 Å². The molecule has 2 nitrogen and oxygen atoms in total. The van der Waals surface area contributed by atoms with Crippen LogP contribution in [0.5, 0.6) is 0 Å². The van der Waals surface area contributed by atoms with Crippen LogP contribution in [0.25, 0.3) is 6.08 Å². The zero-order chi connectivity index (χ0) is 9.84. The number of rotatable bonds is 2. The van der Waals surface area contributed by atoms with Crippen molar-refractivity contribution >= 4 is 12.0 Å². The first-order valence-corrected chi connectivity index (χ1v) is 4.10. The fourth-order valence-corrected chi connectivity index (χ4v) is 1.11. The van der Waals surface area contributed by atoms with Crippen molar-refractivity contribution in [1.29, 1.82) is 0 Å². The molecule has 1 aromatic rings. The van der Waals surface area contributed by atoms with Crippen molar-refractivity contribution < 1.29 is 4.79 Å². The highest BCUT2D eigenvalue weighted by molar-refractivity contribution is 5.97. The molecule has 0 heterocycles. The van der Waals surface area contributed by atoms with Gasteiger partial charge < -0.3 is 4.90 Å². The van der Waals surface area contributed by atoms with Crippen LogP contribution in [0.1, 0.15) is 15.9 Å². The van der Waals surface area contributed by atoms with Crippen LogP contribution >= 0.6 is 0 Å². The fraction of sp³-hybridized carbons (Fsp3) is 0.182. The lowest BCUT2D eigenvalue weighted by atomic mass is 10.1. The molecule has 2 heteroatoms. The molecule has 1 rings (SSSR count). The maximum atomic E-state index is 11.6. The summed E-state index contributed by atoms with van der Waals surface area (Å²) in [5.41, 5.74) is 1.57. The van der Waals surface area contributed by atoms with E-state index in [9.17, 15) is 4.79 Å². The van der Waals surface area contributed by atoms with Crippen LogP contribution in [-0.2, 0) is 0 Å². The van der Waals surface area contributed by atoms with Crippen molar-refractivity contribution in [1.82, 2.24) is 4.90 Å². The van der Waals surface area contributed by atoms with Crippen LogP contribution < -0.4 is 0 Å². The topological polar surface area (TPSA) is 20.3 Å². The number of carbonyl (C=O) groups is 1. The normalized spacial score (nSPS) is 9.38. The van der Waals surface area contributed by atoms with E-state index in [1.807, 2.05) is 18.2 Å². The van der Waals surface area contributed by atoms with Crippen molar-refractivity contribution in [2.45, 2.75) is 0 Å². The fourth-order valence-electron chi connectivity index (χ4n) is 1.11. The first-order valence-electron chi connectivity index (χ1n) is 4.10. The molecule has 0 saturated carbocycles. The second kappa shape index (κ2) is 3.90. The lowest BCUT2D eigenvalue weighted by molar-refractivity contribution is 0.0827. The van der Waals surface area contributed by atoms with Crippen molar-refractivity contribution in [3.8, 4) is 0 Å². The molecular weight excluding hydrogens is 162 g/mol. The molecule has 0 saturated heterocycles. The molecule has 0 aliphatic carbocycles. The number of amides is 1. The number of carbonyl (C=O) groups excluding carboxylic acids is 1. The maximum absolute atomic E-state index is 11.6. The molecule has 0 radical (unpaired) electrons. The van der Waals surface area contributed by atoms with E-state index in [1.54, 1.807) is 31.1 Å². The van der Waals surface area contributed by atoms with Crippen molar-refractivity contribution in [2.75, 3.05) is 14.1 Å². The van der Waals surface area contributed by atoms with Gasteiger partial charge in [-0.1, -0.05) is 30.9 Å². The monoisotopic (exact) mass is 175 g/mol. The van der Waals surface area contributed by atoms with Crippen LogP contribution in [0.3, 0.4) is 0 Å². The summed E-state index contributed by atoms with van der Waals surface area (Å²) in [7, 11) is 3.48. The Balaban J connectivity index is 3.13. The molecule has 0 unspecified atom stereocenters. The summed E-state index contributed by atoms with van der Waals surface area (Å²) in [6, 6.07) is 7.43. The van der Waals surface area contributed by atoms with E-state index >= 15 is 0 Å². The van der Waals surface area contributed by atoms with Gasteiger partial charge in [-0.15, -0.1) is 0 Å². The summed E-state index contributed by atoms with van der Waals surface area (Å²) in [5, 5.41) is 0. The average Bonchev–Trinajstić information content (AvgIpc) is 2.16. The Morgan fingerprint density at radius 1 is 1.38 bits per heavy atom. The first-order chi connectivity index (χ1) is 6.16. The van der Waals surface area contributed by atoms with Crippen molar-refractivity contribution in [3.05, 3.63) is 42.0 Å². The summed E-state index contributed by atoms with van der Waals surface area (Å²) in [5.74, 6) is 0.00972. The molecule has 0 fully saturated rings. The van der Waals surface area contributed by atoms with Crippen molar-refractivity contribution in [2.24, 2.45) is 0 Å². The van der Waals surface area contributed by atoms with Crippen LogP contribution in [-0.4, -0.2) is 24.9 Å². The highest BCUT2D eigenvalue weighted by Gasteiger charge is 2.09. The molecule has 0 aliphatic rings. The zero-order valence-electron chi connectivity index (χ0n) is 7.95. The SMILES string of the molecule is C=Cc1ccccc1C(=O)N(C)C. The highest BCUT2D eigenvalue weighted by atomic mass is 16.2. The Labute approximate surface area is 78.5 Å². The predicted octanol–water partition coefficient (Wildman–Crippen LogP) is 2.03. The molecule has 0 atom stereocenters. The second-order valence-corrected chi connectivity index (χ2v) is 2.99. The number of hydrogen-bond donors (Lipinski definition) is 0. The summed E-state index contributed by atoms with van der Waals surface area (Å²) in [4.78, 5) is 13.2. The highest BCUT2D eigenvalue weighted by Crippen LogP contribution is 2.11. The van der Waals surface area contributed by atoms with E-state index in [-0.39, 0.29) is 5.91 Å². The molecule has 0 aromatic heterocycles. The summed E-state index contributed by atoms with van der Waals surface area (Å²) >= 11 is 0. The molecule has 0 bridgehead atoms. The predicted molar refractivity (Wildman–Crippen MR) is 54.6 cm³/mol. The zero-order valence-corrected chi connectivity index (χ0v) is 7.95.